The van der Waals surface area contributed by atoms with E-state index in [0.717, 1.165) is 5.56 Å². The van der Waals surface area contributed by atoms with Gasteiger partial charge in [0.25, 0.3) is 0 Å². The highest BCUT2D eigenvalue weighted by atomic mass is 31.2. The van der Waals surface area contributed by atoms with Crippen molar-refractivity contribution < 1.29 is 31.8 Å². The van der Waals surface area contributed by atoms with E-state index in [9.17, 15) is 4.57 Å². The standard InChI is InChI=1S/C22H23O4P/c1-22(2,3)18-14-16-21(17-15-18)26-27(23,24-19-10-6-4-7-11-19)25-20-12-8-5-9-13-20/h4-17H,1-3H3/i4D,5D,6D,7D,8D,9D,10D,11D,12D,13D. The van der Waals surface area contributed by atoms with Crippen molar-refractivity contribution in [3.63, 3.8) is 0 Å². The number of rotatable bonds is 6. The van der Waals surface area contributed by atoms with Crippen molar-refractivity contribution in [3.8, 4) is 17.2 Å². The molecule has 0 heterocycles. The van der Waals surface area contributed by atoms with Crippen molar-refractivity contribution in [2.24, 2.45) is 0 Å². The topological polar surface area (TPSA) is 44.8 Å². The Bertz CT molecular complexity index is 1290. The molecular formula is C22H23O4P. The molecule has 0 saturated heterocycles. The Morgan fingerprint density at radius 2 is 1.11 bits per heavy atom. The molecule has 0 aromatic heterocycles. The number of phosphoric ester groups is 1. The molecule has 0 bridgehead atoms. The monoisotopic (exact) mass is 392 g/mol. The van der Waals surface area contributed by atoms with E-state index in [1.165, 1.54) is 12.1 Å². The summed E-state index contributed by atoms with van der Waals surface area (Å²) < 4.78 is 109. The maximum Gasteiger partial charge on any atom is 0.647 e. The maximum absolute atomic E-state index is 13.9. The summed E-state index contributed by atoms with van der Waals surface area (Å²) >= 11 is 0. The first kappa shape index (κ1) is 10.0. The minimum absolute atomic E-state index is 0.0731. The quantitative estimate of drug-likeness (QED) is 0.442. The van der Waals surface area contributed by atoms with Crippen LogP contribution < -0.4 is 13.6 Å². The summed E-state index contributed by atoms with van der Waals surface area (Å²) in [6.45, 7) is 5.91. The summed E-state index contributed by atoms with van der Waals surface area (Å²) in [7, 11) is -5.09. The molecule has 0 spiro atoms. The second-order valence-electron chi connectivity index (χ2n) is 6.40. The van der Waals surface area contributed by atoms with Gasteiger partial charge >= 0.3 is 7.82 Å². The fourth-order valence-electron chi connectivity index (χ4n) is 1.99. The summed E-state index contributed by atoms with van der Waals surface area (Å²) in [5.74, 6) is -1.81. The molecule has 3 aromatic carbocycles. The zero-order valence-corrected chi connectivity index (χ0v) is 15.8. The first-order chi connectivity index (χ1) is 17.0. The van der Waals surface area contributed by atoms with E-state index < -0.39 is 79.7 Å². The summed E-state index contributed by atoms with van der Waals surface area (Å²) in [6.07, 6.45) is 0. The Hall–Kier alpha value is -2.71. The van der Waals surface area contributed by atoms with Crippen LogP contribution in [0.1, 0.15) is 40.0 Å². The Morgan fingerprint density at radius 3 is 1.52 bits per heavy atom. The fourth-order valence-corrected chi connectivity index (χ4v) is 3.11. The van der Waals surface area contributed by atoms with Gasteiger partial charge in [-0.2, -0.15) is 4.57 Å². The van der Waals surface area contributed by atoms with Crippen molar-refractivity contribution in [2.45, 2.75) is 26.2 Å². The molecule has 0 fully saturated rings. The zero-order valence-electron chi connectivity index (χ0n) is 24.9. The second kappa shape index (κ2) is 7.89. The maximum atomic E-state index is 13.9. The smallest absolute Gasteiger partial charge is 0.386 e. The van der Waals surface area contributed by atoms with Gasteiger partial charge in [-0.05, 0) is 47.3 Å². The third-order valence-electron chi connectivity index (χ3n) is 3.30. The van der Waals surface area contributed by atoms with E-state index in [1.54, 1.807) is 12.1 Å². The van der Waals surface area contributed by atoms with E-state index in [2.05, 4.69) is 0 Å². The Balaban J connectivity index is 2.17. The predicted molar refractivity (Wildman–Crippen MR) is 108 cm³/mol. The van der Waals surface area contributed by atoms with Crippen LogP contribution in [-0.4, -0.2) is 0 Å². The number of phosphoric acid groups is 1. The first-order valence-electron chi connectivity index (χ1n) is 12.9. The molecule has 4 nitrogen and oxygen atoms in total. The molecule has 3 rings (SSSR count). The van der Waals surface area contributed by atoms with E-state index >= 15 is 0 Å². The lowest BCUT2D eigenvalue weighted by Crippen LogP contribution is -2.11. The lowest BCUT2D eigenvalue weighted by molar-refractivity contribution is 0.298. The van der Waals surface area contributed by atoms with Gasteiger partial charge in [0, 0.05) is 0 Å². The van der Waals surface area contributed by atoms with Gasteiger partial charge in [0.05, 0.1) is 13.7 Å². The molecule has 0 saturated carbocycles. The van der Waals surface area contributed by atoms with Crippen LogP contribution in [0.2, 0.25) is 0 Å². The van der Waals surface area contributed by atoms with Gasteiger partial charge in [-0.1, -0.05) is 69.2 Å². The largest absolute Gasteiger partial charge is 0.647 e. The molecule has 3 aromatic rings. The molecule has 0 atom stereocenters. The zero-order chi connectivity index (χ0) is 28.0. The van der Waals surface area contributed by atoms with Gasteiger partial charge < -0.3 is 13.6 Å². The van der Waals surface area contributed by atoms with Crippen molar-refractivity contribution >= 4 is 7.82 Å². The van der Waals surface area contributed by atoms with Crippen molar-refractivity contribution in [3.05, 3.63) is 90.3 Å². The van der Waals surface area contributed by atoms with Crippen molar-refractivity contribution in [1.82, 2.24) is 0 Å². The number of hydrogen-bond acceptors (Lipinski definition) is 4. The minimum atomic E-state index is -5.09. The second-order valence-corrected chi connectivity index (χ2v) is 7.85. The lowest BCUT2D eigenvalue weighted by atomic mass is 9.87. The average molecular weight is 392 g/mol. The van der Waals surface area contributed by atoms with Crippen LogP contribution in [0.15, 0.2) is 84.7 Å². The molecular weight excluding hydrogens is 359 g/mol. The average Bonchev–Trinajstić information content (AvgIpc) is 2.84. The SMILES string of the molecule is [2H]c1c([2H])c([2H])c(OP(=O)(Oc2ccc(C(C)(C)C)cc2)Oc2c([2H])c([2H])c([2H])c([2H])c2[2H])c([2H])c1[2H]. The highest BCUT2D eigenvalue weighted by Gasteiger charge is 2.33. The van der Waals surface area contributed by atoms with Crippen LogP contribution in [0.5, 0.6) is 17.2 Å². The van der Waals surface area contributed by atoms with E-state index in [-0.39, 0.29) is 11.2 Å². The molecule has 140 valence electrons. The summed E-state index contributed by atoms with van der Waals surface area (Å²) in [6, 6.07) is -1.71. The van der Waals surface area contributed by atoms with Crippen LogP contribution in [-0.2, 0) is 9.98 Å². The van der Waals surface area contributed by atoms with Gasteiger partial charge in [-0.15, -0.1) is 0 Å². The fraction of sp³-hybridized carbons (Fsp3) is 0.182. The highest BCUT2D eigenvalue weighted by molar-refractivity contribution is 7.49. The van der Waals surface area contributed by atoms with E-state index in [1.807, 2.05) is 20.8 Å². The Kier molecular flexibility index (Phi) is 2.92. The van der Waals surface area contributed by atoms with Gasteiger partial charge in [0.1, 0.15) is 17.2 Å². The van der Waals surface area contributed by atoms with Crippen molar-refractivity contribution in [1.29, 1.82) is 0 Å². The minimum Gasteiger partial charge on any atom is -0.386 e. The predicted octanol–water partition coefficient (Wildman–Crippen LogP) is 6.63. The van der Waals surface area contributed by atoms with Crippen LogP contribution in [0.3, 0.4) is 0 Å². The van der Waals surface area contributed by atoms with Gasteiger partial charge in [-0.25, -0.2) is 0 Å². The van der Waals surface area contributed by atoms with Crippen LogP contribution in [0.25, 0.3) is 0 Å². The molecule has 27 heavy (non-hydrogen) atoms. The van der Waals surface area contributed by atoms with Gasteiger partial charge in [0.2, 0.25) is 0 Å². The van der Waals surface area contributed by atoms with Crippen LogP contribution >= 0.6 is 7.82 Å². The summed E-state index contributed by atoms with van der Waals surface area (Å²) in [5, 5.41) is 0. The molecule has 5 heteroatoms. The molecule has 0 unspecified atom stereocenters. The summed E-state index contributed by atoms with van der Waals surface area (Å²) in [5.41, 5.74) is 0.670. The lowest BCUT2D eigenvalue weighted by Gasteiger charge is -2.21. The van der Waals surface area contributed by atoms with E-state index in [4.69, 9.17) is 27.3 Å². The molecule has 0 radical (unpaired) electrons. The number of para-hydroxylation sites is 2. The first-order valence-corrected chi connectivity index (χ1v) is 9.37. The normalized spacial score (nSPS) is 16.9. The third-order valence-corrected chi connectivity index (χ3v) is 4.54. The molecule has 0 aliphatic carbocycles. The molecule has 0 aliphatic heterocycles. The Morgan fingerprint density at radius 1 is 0.704 bits per heavy atom. The third kappa shape index (κ3) is 5.38. The van der Waals surface area contributed by atoms with Crippen molar-refractivity contribution in [2.75, 3.05) is 0 Å². The van der Waals surface area contributed by atoms with Gasteiger partial charge in [0.15, 0.2) is 0 Å². The molecule has 0 amide bonds. The number of hydrogen-bond donors (Lipinski definition) is 0. The van der Waals surface area contributed by atoms with Gasteiger partial charge in [-0.3, -0.25) is 0 Å². The van der Waals surface area contributed by atoms with Crippen LogP contribution in [0, 0.1) is 0 Å². The molecule has 0 N–H and O–H groups in total. The summed E-state index contributed by atoms with van der Waals surface area (Å²) in [4.78, 5) is 0. The Labute approximate surface area is 174 Å². The van der Waals surface area contributed by atoms with Crippen LogP contribution in [0.4, 0.5) is 0 Å². The number of benzene rings is 3. The molecule has 0 aliphatic rings. The highest BCUT2D eigenvalue weighted by Crippen LogP contribution is 2.49. The van der Waals surface area contributed by atoms with E-state index in [0.29, 0.717) is 0 Å².